The van der Waals surface area contributed by atoms with E-state index < -0.39 is 61.7 Å². The van der Waals surface area contributed by atoms with Gasteiger partial charge in [-0.15, -0.1) is 0 Å². The van der Waals surface area contributed by atoms with Gasteiger partial charge in [-0.1, -0.05) is 0 Å². The minimum Gasteiger partial charge on any atom is -0.444 e. The first-order valence-corrected chi connectivity index (χ1v) is 21.5. The highest BCUT2D eigenvalue weighted by Crippen LogP contribution is 2.71. The molecule has 1 saturated heterocycles. The average molecular weight is 787 g/mol. The van der Waals surface area contributed by atoms with Crippen molar-refractivity contribution in [1.82, 2.24) is 19.6 Å². The third-order valence-corrected chi connectivity index (χ3v) is 13.8. The Morgan fingerprint density at radius 2 is 0.731 bits per heavy atom. The number of ether oxygens (including phenoxy) is 3. The molecule has 0 radical (unpaired) electrons. The molecule has 0 aromatic rings. The Hall–Kier alpha value is -1.93. The van der Waals surface area contributed by atoms with Crippen molar-refractivity contribution in [3.05, 3.63) is 0 Å². The smallest absolute Gasteiger partial charge is 0.410 e. The second-order valence-corrected chi connectivity index (χ2v) is 20.1. The van der Waals surface area contributed by atoms with Crippen LogP contribution >= 0.6 is 15.2 Å². The highest BCUT2D eigenvalue weighted by Gasteiger charge is 2.55. The molecule has 52 heavy (non-hydrogen) atoms. The first-order valence-electron chi connectivity index (χ1n) is 18.3. The molecule has 1 fully saturated rings. The summed E-state index contributed by atoms with van der Waals surface area (Å²) >= 11 is 0. The molecule has 18 heteroatoms. The van der Waals surface area contributed by atoms with Crippen LogP contribution in [0.15, 0.2) is 0 Å². The fourth-order valence-electron chi connectivity index (χ4n) is 5.35. The molecule has 1 unspecified atom stereocenters. The summed E-state index contributed by atoms with van der Waals surface area (Å²) < 4.78 is 69.5. The quantitative estimate of drug-likeness (QED) is 0.144. The zero-order chi connectivity index (χ0) is 40.1. The highest BCUT2D eigenvalue weighted by atomic mass is 31.2. The van der Waals surface area contributed by atoms with E-state index in [-0.39, 0.29) is 78.8 Å². The highest BCUT2D eigenvalue weighted by molar-refractivity contribution is 7.72. The summed E-state index contributed by atoms with van der Waals surface area (Å²) in [6, 6.07) is -0.852. The molecule has 16 nitrogen and oxygen atoms in total. The lowest BCUT2D eigenvalue weighted by atomic mass is 10.2. The molecule has 306 valence electrons. The summed E-state index contributed by atoms with van der Waals surface area (Å²) in [5, 5.41) is -1.39. The van der Waals surface area contributed by atoms with Crippen LogP contribution in [0.3, 0.4) is 0 Å². The van der Waals surface area contributed by atoms with Crippen LogP contribution in [0.5, 0.6) is 0 Å². The van der Waals surface area contributed by atoms with Crippen LogP contribution in [0.4, 0.5) is 14.4 Å². The van der Waals surface area contributed by atoms with Gasteiger partial charge in [-0.05, 0) is 96.9 Å². The molecule has 0 aromatic heterocycles. The third kappa shape index (κ3) is 16.2. The van der Waals surface area contributed by atoms with E-state index in [1.54, 1.807) is 96.9 Å². The Labute approximate surface area is 312 Å². The van der Waals surface area contributed by atoms with E-state index in [0.717, 1.165) is 0 Å². The van der Waals surface area contributed by atoms with Crippen molar-refractivity contribution in [2.45, 2.75) is 125 Å². The molecule has 1 atom stereocenters. The molecule has 0 aromatic carbocycles. The summed E-state index contributed by atoms with van der Waals surface area (Å²) in [5.41, 5.74) is -2.39. The number of rotatable bonds is 12. The van der Waals surface area contributed by atoms with Crippen LogP contribution in [-0.4, -0.2) is 145 Å². The van der Waals surface area contributed by atoms with Crippen LogP contribution in [0.2, 0.25) is 0 Å². The van der Waals surface area contributed by atoms with E-state index in [1.165, 1.54) is 14.7 Å². The Kier molecular flexibility index (Phi) is 19.1. The molecule has 3 amide bonds. The zero-order valence-corrected chi connectivity index (χ0v) is 36.0. The van der Waals surface area contributed by atoms with E-state index in [0.29, 0.717) is 0 Å². The number of carbonyl (C=O) groups is 3. The van der Waals surface area contributed by atoms with Gasteiger partial charge in [0.2, 0.25) is 0 Å². The van der Waals surface area contributed by atoms with Gasteiger partial charge in [-0.3, -0.25) is 14.0 Å². The Balaban J connectivity index is 3.86. The average Bonchev–Trinajstić information content (AvgIpc) is 2.95. The predicted molar refractivity (Wildman–Crippen MR) is 200 cm³/mol. The van der Waals surface area contributed by atoms with Crippen LogP contribution in [-0.2, 0) is 41.4 Å². The molecule has 0 N–H and O–H groups in total. The largest absolute Gasteiger partial charge is 0.444 e. The van der Waals surface area contributed by atoms with E-state index in [1.807, 2.05) is 4.90 Å². The minimum atomic E-state index is -4.18. The lowest BCUT2D eigenvalue weighted by Gasteiger charge is -2.41. The summed E-state index contributed by atoms with van der Waals surface area (Å²) in [4.78, 5) is 46.9. The van der Waals surface area contributed by atoms with E-state index in [9.17, 15) is 23.5 Å². The van der Waals surface area contributed by atoms with Gasteiger partial charge in [0.25, 0.3) is 0 Å². The maximum Gasteiger partial charge on any atom is 0.410 e. The molecular formula is C34H68N4O12P2. The number of hydrogen-bond acceptors (Lipinski definition) is 13. The molecular weight excluding hydrogens is 718 g/mol. The van der Waals surface area contributed by atoms with Gasteiger partial charge in [-0.2, -0.15) is 0 Å². The Morgan fingerprint density at radius 1 is 0.500 bits per heavy atom. The number of amides is 3. The monoisotopic (exact) mass is 786 g/mol. The molecule has 1 aliphatic heterocycles. The van der Waals surface area contributed by atoms with Gasteiger partial charge >= 0.3 is 33.5 Å². The SMILES string of the molecule is CCOP(=O)(OCC)C(C(C)N1CCN(C(=O)OC(C)(C)C)CCN(C(=O)OC(C)(C)C)CCN(C(=O)OC(C)(C)C)CC1)P(=O)(OCC)OCC. The Bertz CT molecular complexity index is 1140. The topological polar surface area (TPSA) is 163 Å². The van der Waals surface area contributed by atoms with E-state index in [4.69, 9.17) is 32.3 Å². The van der Waals surface area contributed by atoms with Crippen molar-refractivity contribution in [3.8, 4) is 0 Å². The molecule has 0 spiro atoms. The van der Waals surface area contributed by atoms with Crippen molar-refractivity contribution in [3.63, 3.8) is 0 Å². The summed E-state index contributed by atoms with van der Waals surface area (Å²) in [7, 11) is -8.36. The summed E-state index contributed by atoms with van der Waals surface area (Å²) in [6.45, 7) is 25.0. The Morgan fingerprint density at radius 3 is 0.942 bits per heavy atom. The summed E-state index contributed by atoms with van der Waals surface area (Å²) in [6.07, 6.45) is -1.80. The van der Waals surface area contributed by atoms with Gasteiger partial charge in [0, 0.05) is 58.4 Å². The lowest BCUT2D eigenvalue weighted by molar-refractivity contribution is 0.00346. The van der Waals surface area contributed by atoms with E-state index in [2.05, 4.69) is 0 Å². The first-order chi connectivity index (χ1) is 23.8. The van der Waals surface area contributed by atoms with Crippen LogP contribution < -0.4 is 0 Å². The number of carbonyl (C=O) groups excluding carboxylic acids is 3. The van der Waals surface area contributed by atoms with Crippen LogP contribution in [0.1, 0.15) is 96.9 Å². The number of hydrogen-bond donors (Lipinski definition) is 0. The van der Waals surface area contributed by atoms with Gasteiger partial charge in [-0.25, -0.2) is 14.4 Å². The molecule has 0 bridgehead atoms. The van der Waals surface area contributed by atoms with Gasteiger partial charge in [0.15, 0.2) is 5.40 Å². The molecule has 0 aliphatic carbocycles. The maximum absolute atomic E-state index is 14.6. The van der Waals surface area contributed by atoms with Gasteiger partial charge in [0.1, 0.15) is 16.8 Å². The first kappa shape index (κ1) is 48.1. The molecule has 0 saturated carbocycles. The fraction of sp³-hybridized carbons (Fsp3) is 0.912. The van der Waals surface area contributed by atoms with Crippen molar-refractivity contribution in [2.75, 3.05) is 78.8 Å². The second kappa shape index (κ2) is 20.7. The predicted octanol–water partition coefficient (Wildman–Crippen LogP) is 7.26. The van der Waals surface area contributed by atoms with E-state index >= 15 is 0 Å². The molecule has 1 aliphatic rings. The van der Waals surface area contributed by atoms with Crippen molar-refractivity contribution in [2.24, 2.45) is 0 Å². The normalized spacial score (nSPS) is 17.3. The molecule has 1 heterocycles. The van der Waals surface area contributed by atoms with Crippen LogP contribution in [0.25, 0.3) is 0 Å². The van der Waals surface area contributed by atoms with Crippen molar-refractivity contribution >= 4 is 33.5 Å². The van der Waals surface area contributed by atoms with Crippen molar-refractivity contribution in [1.29, 1.82) is 0 Å². The zero-order valence-electron chi connectivity index (χ0n) is 34.2. The van der Waals surface area contributed by atoms with Gasteiger partial charge in [0.05, 0.1) is 26.4 Å². The standard InChI is InChI=1S/C34H68N4O12P2/c1-15-44-51(42,45-16-2)28(52(43,46-17-3)47-18-4)27(5)35-19-21-36(29(39)48-32(6,7)8)23-25-38(31(41)50-34(12,13)14)26-24-37(22-20-35)30(40)49-33(9,10)11/h27-28H,15-26H2,1-14H3. The minimum absolute atomic E-state index is 0.00569. The fourth-order valence-corrected chi connectivity index (χ4v) is 11.2. The number of nitrogens with zero attached hydrogens (tertiary/aromatic N) is 4. The lowest BCUT2D eigenvalue weighted by Crippen LogP contribution is -2.53. The van der Waals surface area contributed by atoms with Crippen LogP contribution in [0, 0.1) is 0 Å². The molecule has 1 rings (SSSR count). The maximum atomic E-state index is 14.6. The van der Waals surface area contributed by atoms with Crippen molar-refractivity contribution < 1.29 is 55.8 Å². The summed E-state index contributed by atoms with van der Waals surface area (Å²) in [5.74, 6) is 0. The second-order valence-electron chi connectivity index (χ2n) is 15.3. The van der Waals surface area contributed by atoms with Gasteiger partial charge < -0.3 is 47.0 Å². The third-order valence-electron chi connectivity index (χ3n) is 7.44.